The van der Waals surface area contributed by atoms with Gasteiger partial charge in [-0.05, 0) is 13.3 Å². The van der Waals surface area contributed by atoms with Crippen molar-refractivity contribution >= 4 is 17.7 Å². The van der Waals surface area contributed by atoms with E-state index in [2.05, 4.69) is 5.32 Å². The number of carboxylic acids is 1. The van der Waals surface area contributed by atoms with Crippen LogP contribution in [0, 0.1) is 0 Å². The smallest absolute Gasteiger partial charge is 0.328 e. The zero-order valence-corrected chi connectivity index (χ0v) is 8.82. The maximum absolute atomic E-state index is 11.3. The Hall–Kier alpha value is -1.65. The lowest BCUT2D eigenvalue weighted by Crippen LogP contribution is -2.37. The molecule has 0 fully saturated rings. The number of amides is 1. The molecule has 0 aromatic carbocycles. The van der Waals surface area contributed by atoms with E-state index in [1.165, 1.54) is 0 Å². The molecule has 0 saturated heterocycles. The van der Waals surface area contributed by atoms with Gasteiger partial charge in [-0.25, -0.2) is 4.79 Å². The molecule has 2 N–H and O–H groups in total. The van der Waals surface area contributed by atoms with Crippen LogP contribution in [0.4, 0.5) is 0 Å². The Bertz CT molecular complexity index is 283. The van der Waals surface area contributed by atoms with Gasteiger partial charge in [-0.2, -0.15) is 0 Å². The van der Waals surface area contributed by atoms with E-state index in [0.29, 0.717) is 6.42 Å². The first kappa shape index (κ1) is 13.4. The number of hydrogen-bond acceptors (Lipinski definition) is 3. The molecule has 5 heteroatoms. The van der Waals surface area contributed by atoms with Crippen molar-refractivity contribution in [2.45, 2.75) is 32.7 Å². The monoisotopic (exact) mass is 213 g/mol. The summed E-state index contributed by atoms with van der Waals surface area (Å²) in [6, 6.07) is -0.573. The highest BCUT2D eigenvalue weighted by atomic mass is 16.4. The molecule has 1 amide bonds. The first-order valence-electron chi connectivity index (χ1n) is 4.71. The van der Waals surface area contributed by atoms with Crippen LogP contribution in [0.3, 0.4) is 0 Å². The number of carboxylic acid groups (broad SMARTS) is 1. The van der Waals surface area contributed by atoms with E-state index in [1.807, 2.05) is 6.92 Å². The van der Waals surface area contributed by atoms with Gasteiger partial charge in [-0.15, -0.1) is 0 Å². The lowest BCUT2D eigenvalue weighted by atomic mass is 10.1. The van der Waals surface area contributed by atoms with Gasteiger partial charge in [-0.3, -0.25) is 9.59 Å². The summed E-state index contributed by atoms with van der Waals surface area (Å²) < 4.78 is 0. The Morgan fingerprint density at radius 1 is 1.33 bits per heavy atom. The van der Waals surface area contributed by atoms with Gasteiger partial charge in [0.2, 0.25) is 5.91 Å². The lowest BCUT2D eigenvalue weighted by molar-refractivity contribution is -0.131. The van der Waals surface area contributed by atoms with Crippen LogP contribution < -0.4 is 5.32 Å². The van der Waals surface area contributed by atoms with Crippen LogP contribution >= 0.6 is 0 Å². The molecule has 0 aliphatic heterocycles. The summed E-state index contributed by atoms with van der Waals surface area (Å²) in [7, 11) is 0. The molecule has 0 rings (SSSR count). The zero-order chi connectivity index (χ0) is 11.8. The van der Waals surface area contributed by atoms with E-state index in [0.717, 1.165) is 18.6 Å². The van der Waals surface area contributed by atoms with Crippen LogP contribution in [0.5, 0.6) is 0 Å². The van der Waals surface area contributed by atoms with Crippen molar-refractivity contribution in [2.75, 3.05) is 0 Å². The van der Waals surface area contributed by atoms with E-state index in [1.54, 1.807) is 6.92 Å². The van der Waals surface area contributed by atoms with Crippen molar-refractivity contribution in [3.63, 3.8) is 0 Å². The second-order valence-electron chi connectivity index (χ2n) is 3.12. The fourth-order valence-corrected chi connectivity index (χ4v) is 0.952. The summed E-state index contributed by atoms with van der Waals surface area (Å²) in [6.45, 7) is 3.45. The third-order valence-electron chi connectivity index (χ3n) is 1.72. The van der Waals surface area contributed by atoms with Crippen LogP contribution in [0.25, 0.3) is 0 Å². The number of Topliss-reactive ketones (excluding diaryl/α,β-unsaturated/α-hetero) is 1. The molecule has 0 spiro atoms. The van der Waals surface area contributed by atoms with E-state index in [4.69, 9.17) is 5.11 Å². The predicted molar refractivity (Wildman–Crippen MR) is 54.3 cm³/mol. The zero-order valence-electron chi connectivity index (χ0n) is 8.82. The number of ketones is 1. The highest BCUT2D eigenvalue weighted by Crippen LogP contribution is 1.94. The standard InChI is InChI=1S/C10H15NO4/c1-3-4-8(12)7(2)11-9(13)5-6-10(14)15/h5-7H,3-4H2,1-2H3,(H,11,13)(H,14,15)/b6-5-. The van der Waals surface area contributed by atoms with Crippen molar-refractivity contribution in [1.29, 1.82) is 0 Å². The van der Waals surface area contributed by atoms with Crippen LogP contribution in [-0.4, -0.2) is 28.8 Å². The molecule has 15 heavy (non-hydrogen) atoms. The van der Waals surface area contributed by atoms with Gasteiger partial charge in [0, 0.05) is 18.6 Å². The summed E-state index contributed by atoms with van der Waals surface area (Å²) in [6.07, 6.45) is 2.75. The van der Waals surface area contributed by atoms with Crippen LogP contribution in [0.1, 0.15) is 26.7 Å². The molecular formula is C10H15NO4. The largest absolute Gasteiger partial charge is 0.478 e. The fraction of sp³-hybridized carbons (Fsp3) is 0.500. The summed E-state index contributed by atoms with van der Waals surface area (Å²) in [5.41, 5.74) is 0. The highest BCUT2D eigenvalue weighted by Gasteiger charge is 2.12. The third-order valence-corrected chi connectivity index (χ3v) is 1.72. The maximum atomic E-state index is 11.3. The summed E-state index contributed by atoms with van der Waals surface area (Å²) in [5.74, 6) is -1.83. The molecule has 0 aliphatic carbocycles. The predicted octanol–water partition coefficient (Wildman–Crippen LogP) is 0.501. The number of hydrogen-bond donors (Lipinski definition) is 2. The Morgan fingerprint density at radius 2 is 1.93 bits per heavy atom. The molecule has 0 radical (unpaired) electrons. The minimum Gasteiger partial charge on any atom is -0.478 e. The molecule has 0 bridgehead atoms. The van der Waals surface area contributed by atoms with Crippen LogP contribution in [0.2, 0.25) is 0 Å². The van der Waals surface area contributed by atoms with Crippen molar-refractivity contribution in [1.82, 2.24) is 5.32 Å². The van der Waals surface area contributed by atoms with Gasteiger partial charge in [0.05, 0.1) is 6.04 Å². The third kappa shape index (κ3) is 6.42. The average molecular weight is 213 g/mol. The number of aliphatic carboxylic acids is 1. The second kappa shape index (κ2) is 6.75. The number of carbonyl (C=O) groups excluding carboxylic acids is 2. The minimum atomic E-state index is -1.20. The van der Waals surface area contributed by atoms with Gasteiger partial charge in [0.25, 0.3) is 0 Å². The number of carbonyl (C=O) groups is 3. The van der Waals surface area contributed by atoms with E-state index < -0.39 is 17.9 Å². The SMILES string of the molecule is CCCC(=O)C(C)NC(=O)/C=C\C(=O)O. The molecule has 0 saturated carbocycles. The van der Waals surface area contributed by atoms with Crippen molar-refractivity contribution in [3.8, 4) is 0 Å². The van der Waals surface area contributed by atoms with Crippen LogP contribution in [-0.2, 0) is 14.4 Å². The van der Waals surface area contributed by atoms with Gasteiger partial charge in [-0.1, -0.05) is 6.92 Å². The molecule has 0 aromatic heterocycles. The van der Waals surface area contributed by atoms with Crippen molar-refractivity contribution in [2.24, 2.45) is 0 Å². The van der Waals surface area contributed by atoms with E-state index in [-0.39, 0.29) is 5.78 Å². The molecule has 1 unspecified atom stereocenters. The summed E-state index contributed by atoms with van der Waals surface area (Å²) >= 11 is 0. The Balaban J connectivity index is 4.06. The van der Waals surface area contributed by atoms with E-state index in [9.17, 15) is 14.4 Å². The molecule has 5 nitrogen and oxygen atoms in total. The van der Waals surface area contributed by atoms with E-state index >= 15 is 0 Å². The fourth-order valence-electron chi connectivity index (χ4n) is 0.952. The molecule has 0 aromatic rings. The number of rotatable bonds is 6. The maximum Gasteiger partial charge on any atom is 0.328 e. The first-order chi connectivity index (χ1) is 6.97. The second-order valence-corrected chi connectivity index (χ2v) is 3.12. The number of nitrogens with one attached hydrogen (secondary N) is 1. The average Bonchev–Trinajstić information content (AvgIpc) is 2.15. The quantitative estimate of drug-likeness (QED) is 0.629. The molecule has 1 atom stereocenters. The topological polar surface area (TPSA) is 83.5 Å². The van der Waals surface area contributed by atoms with Gasteiger partial charge < -0.3 is 10.4 Å². The first-order valence-corrected chi connectivity index (χ1v) is 4.71. The minimum absolute atomic E-state index is 0.0606. The molecule has 84 valence electrons. The lowest BCUT2D eigenvalue weighted by Gasteiger charge is -2.10. The van der Waals surface area contributed by atoms with Gasteiger partial charge >= 0.3 is 5.97 Å². The normalized spacial score (nSPS) is 12.4. The Morgan fingerprint density at radius 3 is 2.40 bits per heavy atom. The van der Waals surface area contributed by atoms with Crippen molar-refractivity contribution in [3.05, 3.63) is 12.2 Å². The van der Waals surface area contributed by atoms with Crippen LogP contribution in [0.15, 0.2) is 12.2 Å². The highest BCUT2D eigenvalue weighted by molar-refractivity contribution is 5.96. The van der Waals surface area contributed by atoms with Gasteiger partial charge in [0.15, 0.2) is 5.78 Å². The van der Waals surface area contributed by atoms with Crippen molar-refractivity contribution < 1.29 is 19.5 Å². The Labute approximate surface area is 88.2 Å². The molecular weight excluding hydrogens is 198 g/mol. The Kier molecular flexibility index (Phi) is 6.01. The van der Waals surface area contributed by atoms with Gasteiger partial charge in [0.1, 0.15) is 0 Å². The summed E-state index contributed by atoms with van der Waals surface area (Å²) in [5, 5.41) is 10.6. The molecule has 0 heterocycles. The molecule has 0 aliphatic rings. The summed E-state index contributed by atoms with van der Waals surface area (Å²) in [4.78, 5) is 32.4.